The largest absolute Gasteiger partial charge is 0.489 e. The number of nitrogens with zero attached hydrogens (tertiary/aromatic N) is 1. The molecule has 0 bridgehead atoms. The minimum absolute atomic E-state index is 0.616. The third-order valence-corrected chi connectivity index (χ3v) is 5.91. The summed E-state index contributed by atoms with van der Waals surface area (Å²) in [6.45, 7) is 7.20. The maximum absolute atomic E-state index is 6.76. The zero-order valence-corrected chi connectivity index (χ0v) is 18.3. The van der Waals surface area contributed by atoms with E-state index in [1.54, 1.807) is 0 Å². The number of nitrogens with two attached hydrogens (primary N) is 1. The Morgan fingerprint density at radius 3 is 2.21 bits per heavy atom. The lowest BCUT2D eigenvalue weighted by Crippen LogP contribution is -2.32. The SMILES string of the molecule is CCCC[N+](CCCC)=C(N)c1ccc(OCc2ccccc2)c2c1CCCC2. The van der Waals surface area contributed by atoms with Gasteiger partial charge in [0.1, 0.15) is 12.4 Å². The summed E-state index contributed by atoms with van der Waals surface area (Å²) in [4.78, 5) is 0. The zero-order valence-electron chi connectivity index (χ0n) is 18.3. The first-order chi connectivity index (χ1) is 14.2. The van der Waals surface area contributed by atoms with Crippen LogP contribution in [0.25, 0.3) is 0 Å². The molecule has 3 heteroatoms. The molecule has 0 fully saturated rings. The van der Waals surface area contributed by atoms with Crippen molar-refractivity contribution in [2.45, 2.75) is 71.8 Å². The summed E-state index contributed by atoms with van der Waals surface area (Å²) in [6.07, 6.45) is 9.41. The molecular weight excluding hydrogens is 356 g/mol. The molecule has 2 aromatic rings. The van der Waals surface area contributed by atoms with E-state index in [-0.39, 0.29) is 0 Å². The van der Waals surface area contributed by atoms with Gasteiger partial charge in [-0.15, -0.1) is 0 Å². The highest BCUT2D eigenvalue weighted by molar-refractivity contribution is 5.96. The van der Waals surface area contributed by atoms with Crippen LogP contribution < -0.4 is 10.5 Å². The van der Waals surface area contributed by atoms with Gasteiger partial charge in [0, 0.05) is 0 Å². The molecule has 0 unspecified atom stereocenters. The van der Waals surface area contributed by atoms with E-state index in [1.165, 1.54) is 60.8 Å². The lowest BCUT2D eigenvalue weighted by atomic mass is 9.87. The number of amidine groups is 1. The molecule has 3 nitrogen and oxygen atoms in total. The van der Waals surface area contributed by atoms with E-state index in [0.29, 0.717) is 6.61 Å². The van der Waals surface area contributed by atoms with Gasteiger partial charge in [-0.25, -0.2) is 0 Å². The molecular formula is C26H37N2O+. The normalized spacial score (nSPS) is 13.0. The Labute approximate surface area is 176 Å². The molecule has 0 aliphatic heterocycles. The first-order valence-electron chi connectivity index (χ1n) is 11.4. The van der Waals surface area contributed by atoms with Gasteiger partial charge in [-0.2, -0.15) is 0 Å². The van der Waals surface area contributed by atoms with Gasteiger partial charge in [0.2, 0.25) is 0 Å². The van der Waals surface area contributed by atoms with E-state index in [0.717, 1.165) is 37.5 Å². The van der Waals surface area contributed by atoms with Gasteiger partial charge in [0.05, 0.1) is 18.7 Å². The van der Waals surface area contributed by atoms with Crippen LogP contribution in [0.1, 0.15) is 74.6 Å². The summed E-state index contributed by atoms with van der Waals surface area (Å²) in [5.41, 5.74) is 12.0. The molecule has 3 rings (SSSR count). The predicted molar refractivity (Wildman–Crippen MR) is 122 cm³/mol. The van der Waals surface area contributed by atoms with Crippen LogP contribution in [0.15, 0.2) is 42.5 Å². The van der Waals surface area contributed by atoms with E-state index >= 15 is 0 Å². The topological polar surface area (TPSA) is 38.3 Å². The molecule has 0 amide bonds. The van der Waals surface area contributed by atoms with Crippen LogP contribution in [0.4, 0.5) is 0 Å². The summed E-state index contributed by atoms with van der Waals surface area (Å²) < 4.78 is 8.66. The molecule has 156 valence electrons. The van der Waals surface area contributed by atoms with Crippen molar-refractivity contribution >= 4 is 5.84 Å². The van der Waals surface area contributed by atoms with E-state index in [2.05, 4.69) is 54.8 Å². The van der Waals surface area contributed by atoms with E-state index < -0.39 is 0 Å². The fourth-order valence-electron chi connectivity index (χ4n) is 4.17. The number of benzene rings is 2. The minimum atomic E-state index is 0.616. The standard InChI is InChI=1S/C26H36N2O/c1-3-5-18-28(19-6-4-2)26(27)24-16-17-25(23-15-11-10-14-22(23)24)29-20-21-12-8-7-9-13-21/h7-9,12-13,16-17,27H,3-6,10-11,14-15,18-20H2,1-2H3/p+1. The highest BCUT2D eigenvalue weighted by atomic mass is 16.5. The molecule has 1 aliphatic rings. The molecule has 0 saturated heterocycles. The van der Waals surface area contributed by atoms with Crippen LogP contribution in [-0.4, -0.2) is 23.5 Å². The lowest BCUT2D eigenvalue weighted by molar-refractivity contribution is -0.529. The Morgan fingerprint density at radius 1 is 0.897 bits per heavy atom. The van der Waals surface area contributed by atoms with Gasteiger partial charge in [0.15, 0.2) is 0 Å². The van der Waals surface area contributed by atoms with Crippen LogP contribution in [-0.2, 0) is 19.4 Å². The van der Waals surface area contributed by atoms with Crippen molar-refractivity contribution in [3.8, 4) is 5.75 Å². The van der Waals surface area contributed by atoms with Crippen molar-refractivity contribution in [1.29, 1.82) is 0 Å². The smallest absolute Gasteiger partial charge is 0.275 e. The number of fused-ring (bicyclic) bond motifs is 1. The van der Waals surface area contributed by atoms with E-state index in [9.17, 15) is 0 Å². The average molecular weight is 394 g/mol. The molecule has 0 saturated carbocycles. The molecule has 29 heavy (non-hydrogen) atoms. The average Bonchev–Trinajstić information content (AvgIpc) is 2.78. The number of hydrogen-bond donors (Lipinski definition) is 1. The fourth-order valence-corrected chi connectivity index (χ4v) is 4.17. The molecule has 0 spiro atoms. The number of unbranched alkanes of at least 4 members (excludes halogenated alkanes) is 2. The lowest BCUT2D eigenvalue weighted by Gasteiger charge is -2.22. The van der Waals surface area contributed by atoms with Crippen molar-refractivity contribution in [3.63, 3.8) is 0 Å². The van der Waals surface area contributed by atoms with Crippen molar-refractivity contribution in [2.24, 2.45) is 5.73 Å². The minimum Gasteiger partial charge on any atom is -0.489 e. The molecule has 0 atom stereocenters. The molecule has 2 aromatic carbocycles. The Morgan fingerprint density at radius 2 is 1.55 bits per heavy atom. The molecule has 0 heterocycles. The fraction of sp³-hybridized carbons (Fsp3) is 0.500. The van der Waals surface area contributed by atoms with Crippen molar-refractivity contribution in [3.05, 3.63) is 64.7 Å². The highest BCUT2D eigenvalue weighted by Gasteiger charge is 2.23. The summed E-state index contributed by atoms with van der Waals surface area (Å²) in [7, 11) is 0. The number of hydrogen-bond acceptors (Lipinski definition) is 1. The third-order valence-electron chi connectivity index (χ3n) is 5.91. The quantitative estimate of drug-likeness (QED) is 0.330. The Balaban J connectivity index is 1.90. The van der Waals surface area contributed by atoms with E-state index in [4.69, 9.17) is 10.5 Å². The third kappa shape index (κ3) is 5.62. The number of ether oxygens (including phenoxy) is 1. The highest BCUT2D eigenvalue weighted by Crippen LogP contribution is 2.33. The molecule has 0 aromatic heterocycles. The summed E-state index contributed by atoms with van der Waals surface area (Å²) in [5, 5.41) is 0. The van der Waals surface area contributed by atoms with Gasteiger partial charge in [-0.1, -0.05) is 57.0 Å². The Kier molecular flexibility index (Phi) is 8.15. The second-order valence-electron chi connectivity index (χ2n) is 8.13. The molecule has 0 radical (unpaired) electrons. The first-order valence-corrected chi connectivity index (χ1v) is 11.4. The summed E-state index contributed by atoms with van der Waals surface area (Å²) in [5.74, 6) is 1.99. The van der Waals surface area contributed by atoms with Gasteiger partial charge >= 0.3 is 0 Å². The Bertz CT molecular complexity index is 801. The van der Waals surface area contributed by atoms with Gasteiger partial charge in [-0.05, 0) is 67.3 Å². The van der Waals surface area contributed by atoms with Gasteiger partial charge in [0.25, 0.3) is 5.84 Å². The van der Waals surface area contributed by atoms with Crippen LogP contribution in [0.3, 0.4) is 0 Å². The number of rotatable bonds is 10. The maximum atomic E-state index is 6.76. The second-order valence-corrected chi connectivity index (χ2v) is 8.13. The van der Waals surface area contributed by atoms with Crippen molar-refractivity contribution in [1.82, 2.24) is 0 Å². The zero-order chi connectivity index (χ0) is 20.5. The van der Waals surface area contributed by atoms with Crippen molar-refractivity contribution in [2.75, 3.05) is 13.1 Å². The van der Waals surface area contributed by atoms with Crippen LogP contribution in [0, 0.1) is 0 Å². The second kappa shape index (κ2) is 11.0. The van der Waals surface area contributed by atoms with Gasteiger partial charge < -0.3 is 4.74 Å². The summed E-state index contributed by atoms with van der Waals surface area (Å²) >= 11 is 0. The van der Waals surface area contributed by atoms with Crippen LogP contribution >= 0.6 is 0 Å². The monoisotopic (exact) mass is 393 g/mol. The summed E-state index contributed by atoms with van der Waals surface area (Å²) in [6, 6.07) is 14.7. The molecule has 1 aliphatic carbocycles. The first kappa shape index (κ1) is 21.4. The van der Waals surface area contributed by atoms with Crippen LogP contribution in [0.2, 0.25) is 0 Å². The Hall–Kier alpha value is -2.29. The predicted octanol–water partition coefficient (Wildman–Crippen LogP) is 5.46. The van der Waals surface area contributed by atoms with Crippen molar-refractivity contribution < 1.29 is 9.31 Å². The van der Waals surface area contributed by atoms with Crippen LogP contribution in [0.5, 0.6) is 5.75 Å². The molecule has 2 N–H and O–H groups in total. The maximum Gasteiger partial charge on any atom is 0.275 e. The van der Waals surface area contributed by atoms with E-state index in [1.807, 2.05) is 6.07 Å². The van der Waals surface area contributed by atoms with Gasteiger partial charge in [-0.3, -0.25) is 10.3 Å².